The third-order valence-corrected chi connectivity index (χ3v) is 3.31. The number of phenols is 2. The maximum Gasteiger partial charge on any atom is 0.352 e. The van der Waals surface area contributed by atoms with Gasteiger partial charge in [0.1, 0.15) is 0 Å². The number of aromatic hydroxyl groups is 2. The lowest BCUT2D eigenvalue weighted by atomic mass is 10.0. The molecular formula is C15H14N2O6. The van der Waals surface area contributed by atoms with Crippen molar-refractivity contribution in [1.29, 1.82) is 0 Å². The standard InChI is InChI=1S/C15H14N2O6/c1-8(2)16-7-9(3-6-12(16)19)14(20)10-4-5-11(18)13(15(10)21)17(22)23/h3-8,18,21H,1-2H3. The quantitative estimate of drug-likeness (QED) is 0.505. The van der Waals surface area contributed by atoms with Crippen LogP contribution in [0.3, 0.4) is 0 Å². The van der Waals surface area contributed by atoms with E-state index in [1.807, 2.05) is 0 Å². The second-order valence-electron chi connectivity index (χ2n) is 5.17. The van der Waals surface area contributed by atoms with Crippen molar-refractivity contribution in [3.05, 3.63) is 62.1 Å². The molecular weight excluding hydrogens is 304 g/mol. The number of nitro groups is 1. The Morgan fingerprint density at radius 1 is 1.22 bits per heavy atom. The largest absolute Gasteiger partial charge is 0.502 e. The summed E-state index contributed by atoms with van der Waals surface area (Å²) in [6.07, 6.45) is 1.33. The highest BCUT2D eigenvalue weighted by molar-refractivity contribution is 6.11. The lowest BCUT2D eigenvalue weighted by Gasteiger charge is -2.11. The van der Waals surface area contributed by atoms with Gasteiger partial charge in [0.25, 0.3) is 5.56 Å². The van der Waals surface area contributed by atoms with Gasteiger partial charge in [0.15, 0.2) is 11.5 Å². The van der Waals surface area contributed by atoms with Gasteiger partial charge in [-0.1, -0.05) is 0 Å². The second-order valence-corrected chi connectivity index (χ2v) is 5.17. The van der Waals surface area contributed by atoms with Gasteiger partial charge in [-0.05, 0) is 32.0 Å². The van der Waals surface area contributed by atoms with Gasteiger partial charge in [0.2, 0.25) is 5.75 Å². The summed E-state index contributed by atoms with van der Waals surface area (Å²) in [5.74, 6) is -2.35. The van der Waals surface area contributed by atoms with Crippen molar-refractivity contribution in [2.75, 3.05) is 0 Å². The maximum atomic E-state index is 12.5. The molecule has 0 aliphatic rings. The zero-order valence-electron chi connectivity index (χ0n) is 12.4. The number of benzene rings is 1. The van der Waals surface area contributed by atoms with Crippen LogP contribution in [0.5, 0.6) is 11.5 Å². The highest BCUT2D eigenvalue weighted by atomic mass is 16.6. The molecule has 0 spiro atoms. The van der Waals surface area contributed by atoms with Crippen LogP contribution < -0.4 is 5.56 Å². The number of hydrogen-bond acceptors (Lipinski definition) is 6. The zero-order chi connectivity index (χ0) is 17.3. The molecule has 0 unspecified atom stereocenters. The number of phenolic OH excluding ortho intramolecular Hbond substituents is 2. The molecule has 2 aromatic rings. The molecule has 0 bridgehead atoms. The van der Waals surface area contributed by atoms with Crippen LogP contribution in [0.15, 0.2) is 35.3 Å². The molecule has 0 saturated heterocycles. The van der Waals surface area contributed by atoms with Crippen molar-refractivity contribution < 1.29 is 19.9 Å². The number of rotatable bonds is 4. The maximum absolute atomic E-state index is 12.5. The van der Waals surface area contributed by atoms with Crippen LogP contribution in [0.1, 0.15) is 35.8 Å². The van der Waals surface area contributed by atoms with Crippen molar-refractivity contribution in [3.8, 4) is 11.5 Å². The van der Waals surface area contributed by atoms with Crippen LogP contribution >= 0.6 is 0 Å². The SMILES string of the molecule is CC(C)n1cc(C(=O)c2ccc(O)c([N+](=O)[O-])c2O)ccc1=O. The van der Waals surface area contributed by atoms with Crippen molar-refractivity contribution in [1.82, 2.24) is 4.57 Å². The van der Waals surface area contributed by atoms with Crippen molar-refractivity contribution in [3.63, 3.8) is 0 Å². The first-order chi connectivity index (χ1) is 10.7. The Hall–Kier alpha value is -3.16. The molecule has 8 heteroatoms. The Morgan fingerprint density at radius 2 is 1.87 bits per heavy atom. The molecule has 1 aromatic carbocycles. The first-order valence-electron chi connectivity index (χ1n) is 6.70. The topological polar surface area (TPSA) is 123 Å². The van der Waals surface area contributed by atoms with E-state index in [1.54, 1.807) is 13.8 Å². The average molecular weight is 318 g/mol. The average Bonchev–Trinajstić information content (AvgIpc) is 2.46. The number of ketones is 1. The van der Waals surface area contributed by atoms with E-state index in [4.69, 9.17) is 0 Å². The molecule has 0 radical (unpaired) electrons. The summed E-state index contributed by atoms with van der Waals surface area (Å²) in [5.41, 5.74) is -1.47. The van der Waals surface area contributed by atoms with E-state index in [9.17, 15) is 29.9 Å². The van der Waals surface area contributed by atoms with E-state index in [1.165, 1.54) is 22.9 Å². The number of aromatic nitrogens is 1. The third kappa shape index (κ3) is 2.91. The minimum Gasteiger partial charge on any atom is -0.502 e. The number of carbonyl (C=O) groups excluding carboxylic acids is 1. The number of hydrogen-bond donors (Lipinski definition) is 2. The van der Waals surface area contributed by atoms with Crippen molar-refractivity contribution in [2.24, 2.45) is 0 Å². The fourth-order valence-corrected chi connectivity index (χ4v) is 2.13. The lowest BCUT2D eigenvalue weighted by Crippen LogP contribution is -2.22. The van der Waals surface area contributed by atoms with Crippen LogP contribution in [-0.4, -0.2) is 25.5 Å². The molecule has 0 amide bonds. The number of pyridine rings is 1. The minimum absolute atomic E-state index is 0.0913. The van der Waals surface area contributed by atoms with Gasteiger partial charge in [0, 0.05) is 23.9 Å². The highest BCUT2D eigenvalue weighted by Crippen LogP contribution is 2.38. The Morgan fingerprint density at radius 3 is 2.43 bits per heavy atom. The molecule has 0 atom stereocenters. The van der Waals surface area contributed by atoms with Gasteiger partial charge >= 0.3 is 5.69 Å². The summed E-state index contributed by atoms with van der Waals surface area (Å²) in [6, 6.07) is 4.35. The predicted molar refractivity (Wildman–Crippen MR) is 80.9 cm³/mol. The Labute approximate surface area is 130 Å². The normalized spacial score (nSPS) is 10.7. The van der Waals surface area contributed by atoms with E-state index < -0.39 is 27.9 Å². The zero-order valence-corrected chi connectivity index (χ0v) is 12.4. The molecule has 0 saturated carbocycles. The Balaban J connectivity index is 2.58. The predicted octanol–water partition coefficient (Wildman–Crippen LogP) is 1.98. The van der Waals surface area contributed by atoms with E-state index >= 15 is 0 Å². The Kier molecular flexibility index (Phi) is 4.17. The van der Waals surface area contributed by atoms with Gasteiger partial charge < -0.3 is 14.8 Å². The summed E-state index contributed by atoms with van der Waals surface area (Å²) in [6.45, 7) is 3.52. The summed E-state index contributed by atoms with van der Waals surface area (Å²) < 4.78 is 1.33. The van der Waals surface area contributed by atoms with Gasteiger partial charge in [-0.2, -0.15) is 0 Å². The van der Waals surface area contributed by atoms with Crippen LogP contribution in [-0.2, 0) is 0 Å². The molecule has 0 aliphatic heterocycles. The molecule has 1 heterocycles. The van der Waals surface area contributed by atoms with E-state index in [0.717, 1.165) is 12.1 Å². The van der Waals surface area contributed by atoms with Crippen LogP contribution in [0, 0.1) is 10.1 Å². The van der Waals surface area contributed by atoms with Crippen LogP contribution in [0.2, 0.25) is 0 Å². The van der Waals surface area contributed by atoms with Crippen LogP contribution in [0.4, 0.5) is 5.69 Å². The fraction of sp³-hybridized carbons (Fsp3) is 0.200. The summed E-state index contributed by atoms with van der Waals surface area (Å²) in [5, 5.41) is 30.2. The molecule has 1 aromatic heterocycles. The number of carbonyl (C=O) groups is 1. The summed E-state index contributed by atoms with van der Waals surface area (Å²) in [7, 11) is 0. The fourth-order valence-electron chi connectivity index (χ4n) is 2.13. The van der Waals surface area contributed by atoms with E-state index in [2.05, 4.69) is 0 Å². The van der Waals surface area contributed by atoms with Gasteiger partial charge in [-0.25, -0.2) is 0 Å². The minimum atomic E-state index is -0.976. The molecule has 23 heavy (non-hydrogen) atoms. The number of nitrogens with zero attached hydrogens (tertiary/aromatic N) is 2. The molecule has 120 valence electrons. The van der Waals surface area contributed by atoms with Gasteiger partial charge in [0.05, 0.1) is 10.5 Å². The molecule has 0 fully saturated rings. The smallest absolute Gasteiger partial charge is 0.352 e. The van der Waals surface area contributed by atoms with Crippen molar-refractivity contribution >= 4 is 11.5 Å². The molecule has 8 nitrogen and oxygen atoms in total. The first kappa shape index (κ1) is 16.2. The van der Waals surface area contributed by atoms with Gasteiger partial charge in [-0.15, -0.1) is 0 Å². The van der Waals surface area contributed by atoms with E-state index in [-0.39, 0.29) is 22.7 Å². The number of nitro benzene ring substituents is 1. The van der Waals surface area contributed by atoms with Crippen molar-refractivity contribution in [2.45, 2.75) is 19.9 Å². The van der Waals surface area contributed by atoms with Gasteiger partial charge in [-0.3, -0.25) is 19.7 Å². The highest BCUT2D eigenvalue weighted by Gasteiger charge is 2.26. The van der Waals surface area contributed by atoms with E-state index in [0.29, 0.717) is 0 Å². The third-order valence-electron chi connectivity index (χ3n) is 3.31. The first-order valence-corrected chi connectivity index (χ1v) is 6.70. The molecule has 0 aliphatic carbocycles. The summed E-state index contributed by atoms with van der Waals surface area (Å²) >= 11 is 0. The van der Waals surface area contributed by atoms with Crippen LogP contribution in [0.25, 0.3) is 0 Å². The molecule has 2 N–H and O–H groups in total. The summed E-state index contributed by atoms with van der Waals surface area (Å²) in [4.78, 5) is 34.1. The Bertz CT molecular complexity index is 854. The monoisotopic (exact) mass is 318 g/mol. The second kappa shape index (κ2) is 5.91. The molecule has 2 rings (SSSR count). The lowest BCUT2D eigenvalue weighted by molar-refractivity contribution is -0.386.